The smallest absolute Gasteiger partial charge is 0.170 e. The third-order valence-electron chi connectivity index (χ3n) is 4.32. The van der Waals surface area contributed by atoms with Gasteiger partial charge < -0.3 is 10.2 Å². The summed E-state index contributed by atoms with van der Waals surface area (Å²) in [7, 11) is 0. The molecule has 1 saturated heterocycles. The van der Waals surface area contributed by atoms with Crippen LogP contribution in [0.15, 0.2) is 12.3 Å². The van der Waals surface area contributed by atoms with E-state index in [1.54, 1.807) is 12.3 Å². The number of hydrogen-bond donors (Lipinski definition) is 1. The van der Waals surface area contributed by atoms with Crippen molar-refractivity contribution in [3.63, 3.8) is 0 Å². The minimum Gasteiger partial charge on any atom is -0.352 e. The van der Waals surface area contributed by atoms with Crippen LogP contribution in [0, 0.1) is 5.82 Å². The van der Waals surface area contributed by atoms with Crippen molar-refractivity contribution >= 4 is 5.82 Å². The molecule has 116 valence electrons. The molecular formula is C16H25FN4. The predicted octanol–water partition coefficient (Wildman–Crippen LogP) is 2.00. The molecule has 0 aromatic carbocycles. The second-order valence-electron chi connectivity index (χ2n) is 6.09. The first-order valence-corrected chi connectivity index (χ1v) is 8.12. The highest BCUT2D eigenvalue weighted by molar-refractivity contribution is 5.43. The Morgan fingerprint density at radius 3 is 2.71 bits per heavy atom. The number of aromatic nitrogens is 1. The van der Waals surface area contributed by atoms with E-state index < -0.39 is 0 Å². The van der Waals surface area contributed by atoms with E-state index in [2.05, 4.69) is 27.0 Å². The molecule has 1 aromatic heterocycles. The molecule has 1 aliphatic heterocycles. The highest BCUT2D eigenvalue weighted by Gasteiger charge is 2.23. The van der Waals surface area contributed by atoms with Crippen molar-refractivity contribution < 1.29 is 4.39 Å². The second-order valence-corrected chi connectivity index (χ2v) is 6.09. The summed E-state index contributed by atoms with van der Waals surface area (Å²) in [5, 5.41) is 3.37. The molecule has 0 spiro atoms. The molecule has 2 fully saturated rings. The highest BCUT2D eigenvalue weighted by atomic mass is 19.1. The minimum atomic E-state index is -0.144. The van der Waals surface area contributed by atoms with E-state index >= 15 is 0 Å². The van der Waals surface area contributed by atoms with Gasteiger partial charge in [0.05, 0.1) is 0 Å². The summed E-state index contributed by atoms with van der Waals surface area (Å²) in [5.41, 5.74) is 0.739. The lowest BCUT2D eigenvalue weighted by atomic mass is 10.2. The number of piperazine rings is 1. The molecule has 0 radical (unpaired) electrons. The lowest BCUT2D eigenvalue weighted by molar-refractivity contribution is 0.257. The molecular weight excluding hydrogens is 267 g/mol. The van der Waals surface area contributed by atoms with Crippen molar-refractivity contribution in [3.8, 4) is 0 Å². The topological polar surface area (TPSA) is 31.4 Å². The molecule has 0 bridgehead atoms. The normalized spacial score (nSPS) is 20.0. The van der Waals surface area contributed by atoms with Gasteiger partial charge in [-0.25, -0.2) is 9.37 Å². The molecule has 4 nitrogen and oxygen atoms in total. The lowest BCUT2D eigenvalue weighted by Gasteiger charge is -2.35. The third-order valence-corrected chi connectivity index (χ3v) is 4.32. The fraction of sp³-hybridized carbons (Fsp3) is 0.688. The van der Waals surface area contributed by atoms with Gasteiger partial charge in [0.2, 0.25) is 0 Å². The van der Waals surface area contributed by atoms with Crippen LogP contribution in [0.4, 0.5) is 10.2 Å². The number of hydrogen-bond acceptors (Lipinski definition) is 4. The second kappa shape index (κ2) is 6.71. The van der Waals surface area contributed by atoms with Crippen LogP contribution >= 0.6 is 0 Å². The van der Waals surface area contributed by atoms with Gasteiger partial charge in [-0.05, 0) is 31.9 Å². The van der Waals surface area contributed by atoms with E-state index in [-0.39, 0.29) is 5.82 Å². The van der Waals surface area contributed by atoms with E-state index in [4.69, 9.17) is 0 Å². The standard InChI is InChI=1S/C16H25FN4/c1-2-7-20-8-10-21(11-9-20)16-15(17)13(5-6-18-16)12-19-14-3-4-14/h5-6,14,19H,2-4,7-12H2,1H3. The van der Waals surface area contributed by atoms with Crippen molar-refractivity contribution in [1.82, 2.24) is 15.2 Å². The van der Waals surface area contributed by atoms with E-state index in [0.717, 1.165) is 38.3 Å². The number of nitrogens with zero attached hydrogens (tertiary/aromatic N) is 3. The predicted molar refractivity (Wildman–Crippen MR) is 83.0 cm³/mol. The van der Waals surface area contributed by atoms with Gasteiger partial charge in [-0.2, -0.15) is 0 Å². The van der Waals surface area contributed by atoms with Gasteiger partial charge in [0, 0.05) is 50.5 Å². The Labute approximate surface area is 126 Å². The van der Waals surface area contributed by atoms with Crippen molar-refractivity contribution in [2.75, 3.05) is 37.6 Å². The van der Waals surface area contributed by atoms with Crippen molar-refractivity contribution in [2.45, 2.75) is 38.8 Å². The zero-order chi connectivity index (χ0) is 14.7. The van der Waals surface area contributed by atoms with Gasteiger partial charge in [-0.3, -0.25) is 4.90 Å². The molecule has 2 heterocycles. The largest absolute Gasteiger partial charge is 0.352 e. The fourth-order valence-electron chi connectivity index (χ4n) is 2.87. The molecule has 3 rings (SSSR count). The summed E-state index contributed by atoms with van der Waals surface area (Å²) in [6, 6.07) is 2.39. The number of nitrogens with one attached hydrogen (secondary N) is 1. The summed E-state index contributed by atoms with van der Waals surface area (Å²) >= 11 is 0. The minimum absolute atomic E-state index is 0.144. The Bertz CT molecular complexity index is 467. The van der Waals surface area contributed by atoms with Gasteiger partial charge >= 0.3 is 0 Å². The first-order chi connectivity index (χ1) is 10.3. The molecule has 1 saturated carbocycles. The number of rotatable bonds is 6. The Morgan fingerprint density at radius 1 is 1.29 bits per heavy atom. The van der Waals surface area contributed by atoms with Crippen molar-refractivity contribution in [1.29, 1.82) is 0 Å². The first-order valence-electron chi connectivity index (χ1n) is 8.12. The summed E-state index contributed by atoms with van der Waals surface area (Å²) in [6.45, 7) is 7.67. The number of pyridine rings is 1. The van der Waals surface area contributed by atoms with E-state index in [9.17, 15) is 4.39 Å². The van der Waals surface area contributed by atoms with Gasteiger partial charge in [-0.15, -0.1) is 0 Å². The third kappa shape index (κ3) is 3.71. The summed E-state index contributed by atoms with van der Waals surface area (Å²) < 4.78 is 14.6. The average Bonchev–Trinajstić information content (AvgIpc) is 3.32. The van der Waals surface area contributed by atoms with Gasteiger partial charge in [0.1, 0.15) is 0 Å². The summed E-state index contributed by atoms with van der Waals surface area (Å²) in [4.78, 5) is 8.80. The molecule has 1 aliphatic carbocycles. The van der Waals surface area contributed by atoms with E-state index in [1.165, 1.54) is 19.3 Å². The molecule has 0 amide bonds. The van der Waals surface area contributed by atoms with Gasteiger partial charge in [-0.1, -0.05) is 6.92 Å². The maximum atomic E-state index is 14.6. The number of anilines is 1. The SMILES string of the molecule is CCCN1CCN(c2nccc(CNC3CC3)c2F)CC1. The van der Waals surface area contributed by atoms with Crippen LogP contribution in [-0.2, 0) is 6.54 Å². The molecule has 0 atom stereocenters. The van der Waals surface area contributed by atoms with Crippen LogP contribution < -0.4 is 10.2 Å². The van der Waals surface area contributed by atoms with Crippen LogP contribution in [0.25, 0.3) is 0 Å². The highest BCUT2D eigenvalue weighted by Crippen LogP contribution is 2.23. The molecule has 5 heteroatoms. The molecule has 1 N–H and O–H groups in total. The van der Waals surface area contributed by atoms with Crippen LogP contribution in [0.1, 0.15) is 31.7 Å². The molecule has 21 heavy (non-hydrogen) atoms. The number of halogens is 1. The van der Waals surface area contributed by atoms with Gasteiger partial charge in [0.25, 0.3) is 0 Å². The molecule has 2 aliphatic rings. The van der Waals surface area contributed by atoms with E-state index in [1.807, 2.05) is 0 Å². The fourth-order valence-corrected chi connectivity index (χ4v) is 2.87. The van der Waals surface area contributed by atoms with Crippen LogP contribution in [0.3, 0.4) is 0 Å². The Morgan fingerprint density at radius 2 is 2.05 bits per heavy atom. The van der Waals surface area contributed by atoms with Crippen LogP contribution in [0.5, 0.6) is 0 Å². The van der Waals surface area contributed by atoms with Gasteiger partial charge in [0.15, 0.2) is 11.6 Å². The Hall–Kier alpha value is -1.20. The van der Waals surface area contributed by atoms with Crippen molar-refractivity contribution in [2.24, 2.45) is 0 Å². The quantitative estimate of drug-likeness (QED) is 0.869. The van der Waals surface area contributed by atoms with E-state index in [0.29, 0.717) is 18.4 Å². The first kappa shape index (κ1) is 14.7. The molecule has 1 aromatic rings. The maximum absolute atomic E-state index is 14.6. The Balaban J connectivity index is 1.63. The summed E-state index contributed by atoms with van der Waals surface area (Å²) in [6.07, 6.45) is 5.35. The average molecular weight is 292 g/mol. The molecule has 0 unspecified atom stereocenters. The zero-order valence-electron chi connectivity index (χ0n) is 12.8. The Kier molecular flexibility index (Phi) is 4.70. The lowest BCUT2D eigenvalue weighted by Crippen LogP contribution is -2.47. The van der Waals surface area contributed by atoms with Crippen molar-refractivity contribution in [3.05, 3.63) is 23.6 Å². The van der Waals surface area contributed by atoms with Crippen LogP contribution in [0.2, 0.25) is 0 Å². The summed E-state index contributed by atoms with van der Waals surface area (Å²) in [5.74, 6) is 0.385. The maximum Gasteiger partial charge on any atom is 0.170 e. The monoisotopic (exact) mass is 292 g/mol. The zero-order valence-corrected chi connectivity index (χ0v) is 12.8. The van der Waals surface area contributed by atoms with Crippen LogP contribution in [-0.4, -0.2) is 48.6 Å².